The summed E-state index contributed by atoms with van der Waals surface area (Å²) in [5, 5.41) is 8.49. The highest BCUT2D eigenvalue weighted by Crippen LogP contribution is 2.79. The molecule has 0 amide bonds. The smallest absolute Gasteiger partial charge is 0.264 e. The molecule has 7 nitrogen and oxygen atoms in total. The Labute approximate surface area is 184 Å². The summed E-state index contributed by atoms with van der Waals surface area (Å²) >= 11 is 0. The molecule has 3 aromatic rings. The fraction of sp³-hybridized carbons (Fsp3) is 0.478. The Kier molecular flexibility index (Phi) is 4.01. The zero-order valence-electron chi connectivity index (χ0n) is 17.7. The third-order valence-corrected chi connectivity index (χ3v) is 7.48. The number of fused-ring (bicyclic) bond motifs is 1. The number of aromatic nitrogens is 4. The maximum atomic E-state index is 13.2. The molecule has 164 valence electrons. The van der Waals surface area contributed by atoms with E-state index in [0.717, 1.165) is 35.7 Å². The van der Waals surface area contributed by atoms with Gasteiger partial charge in [0.25, 0.3) is 5.54 Å². The van der Waals surface area contributed by atoms with E-state index in [1.165, 1.54) is 0 Å². The summed E-state index contributed by atoms with van der Waals surface area (Å²) in [6.45, 7) is 8.64. The van der Waals surface area contributed by atoms with Gasteiger partial charge in [0, 0.05) is 49.5 Å². The van der Waals surface area contributed by atoms with Crippen LogP contribution in [-0.2, 0) is 5.54 Å². The minimum absolute atomic E-state index is 0.186. The Balaban J connectivity index is 1.41. The van der Waals surface area contributed by atoms with Gasteiger partial charge in [0.1, 0.15) is 5.82 Å². The molecule has 0 unspecified atom stereocenters. The van der Waals surface area contributed by atoms with Crippen LogP contribution in [0.5, 0.6) is 0 Å². The van der Waals surface area contributed by atoms with Gasteiger partial charge in [-0.15, -0.1) is 0 Å². The van der Waals surface area contributed by atoms with Crippen molar-refractivity contribution in [3.63, 3.8) is 0 Å². The number of anilines is 2. The molecule has 1 saturated heterocycles. The lowest BCUT2D eigenvalue weighted by atomic mass is 10.0. The molecule has 2 aliphatic carbocycles. The Morgan fingerprint density at radius 2 is 2.03 bits per heavy atom. The zero-order valence-corrected chi connectivity index (χ0v) is 17.7. The molecule has 0 bridgehead atoms. The minimum Gasteiger partial charge on any atom is -0.357 e. The summed E-state index contributed by atoms with van der Waals surface area (Å²) in [5.41, 5.74) is 1.71. The van der Waals surface area contributed by atoms with Crippen molar-refractivity contribution in [2.75, 3.05) is 30.4 Å². The molecule has 3 aliphatic rings. The van der Waals surface area contributed by atoms with Crippen molar-refractivity contribution in [1.29, 1.82) is 0 Å². The van der Waals surface area contributed by atoms with Crippen molar-refractivity contribution in [3.05, 3.63) is 47.4 Å². The van der Waals surface area contributed by atoms with E-state index >= 15 is 0 Å². The number of alkyl halides is 2. The number of nitrogens with zero attached hydrogens (tertiary/aromatic N) is 6. The number of nitrogens with one attached hydrogen (secondary N) is 1. The molecule has 0 radical (unpaired) electrons. The maximum absolute atomic E-state index is 13.2. The molecule has 2 aromatic heterocycles. The Bertz CT molecular complexity index is 1260. The number of benzene rings is 1. The van der Waals surface area contributed by atoms with Crippen LogP contribution in [0.15, 0.2) is 30.5 Å². The van der Waals surface area contributed by atoms with Gasteiger partial charge in [0.15, 0.2) is 5.82 Å². The summed E-state index contributed by atoms with van der Waals surface area (Å²) in [6.07, 6.45) is 3.09. The topological polar surface area (TPSA) is 63.2 Å². The van der Waals surface area contributed by atoms with E-state index in [1.54, 1.807) is 24.0 Å². The number of hydrogen-bond acceptors (Lipinski definition) is 5. The molecule has 1 aliphatic heterocycles. The summed E-state index contributed by atoms with van der Waals surface area (Å²) in [5.74, 6) is 0.951. The lowest BCUT2D eigenvalue weighted by molar-refractivity contribution is 0.0880. The average molecular weight is 435 g/mol. The normalized spacial score (nSPS) is 25.5. The maximum Gasteiger partial charge on any atom is 0.264 e. The van der Waals surface area contributed by atoms with Gasteiger partial charge in [-0.25, -0.2) is 20.0 Å². The summed E-state index contributed by atoms with van der Waals surface area (Å²) < 4.78 is 28.1. The monoisotopic (exact) mass is 435 g/mol. The molecule has 1 spiro atoms. The highest BCUT2D eigenvalue weighted by atomic mass is 19.3. The minimum atomic E-state index is -2.33. The largest absolute Gasteiger partial charge is 0.357 e. The third-order valence-electron chi connectivity index (χ3n) is 7.48. The van der Waals surface area contributed by atoms with Crippen molar-refractivity contribution in [1.82, 2.24) is 19.7 Å². The fourth-order valence-electron chi connectivity index (χ4n) is 5.28. The molecule has 32 heavy (non-hydrogen) atoms. The molecule has 2 atom stereocenters. The van der Waals surface area contributed by atoms with Gasteiger partial charge in [0.05, 0.1) is 17.1 Å². The van der Waals surface area contributed by atoms with E-state index in [-0.39, 0.29) is 12.0 Å². The van der Waals surface area contributed by atoms with Crippen LogP contribution in [0.1, 0.15) is 31.2 Å². The van der Waals surface area contributed by atoms with Crippen LogP contribution in [0.4, 0.5) is 20.5 Å². The van der Waals surface area contributed by atoms with E-state index in [9.17, 15) is 8.78 Å². The quantitative estimate of drug-likeness (QED) is 0.607. The first kappa shape index (κ1) is 19.4. The second-order valence-corrected chi connectivity index (χ2v) is 9.25. The van der Waals surface area contributed by atoms with Crippen molar-refractivity contribution in [3.8, 4) is 5.82 Å². The molecule has 2 saturated carbocycles. The average Bonchev–Trinajstić information content (AvgIpc) is 3.56. The summed E-state index contributed by atoms with van der Waals surface area (Å²) in [4.78, 5) is 15.0. The zero-order chi connectivity index (χ0) is 22.1. The number of rotatable bonds is 5. The molecule has 1 aromatic carbocycles. The van der Waals surface area contributed by atoms with Crippen molar-refractivity contribution in [2.45, 2.75) is 37.6 Å². The number of halogens is 2. The Morgan fingerprint density at radius 3 is 2.69 bits per heavy atom. The lowest BCUT2D eigenvalue weighted by Gasteiger charge is -2.19. The number of hydrogen-bond donors (Lipinski definition) is 1. The lowest BCUT2D eigenvalue weighted by Crippen LogP contribution is -2.23. The molecule has 1 N–H and O–H groups in total. The SMILES string of the molecule is [C-]#[N+][C@]1(c2ccc3cnn(-c4cc(N5CC[C@H](C(F)F)C5)nc(NC)n4)c3c2)CC12CC2. The van der Waals surface area contributed by atoms with Crippen LogP contribution in [0.2, 0.25) is 0 Å². The predicted molar refractivity (Wildman–Crippen MR) is 117 cm³/mol. The first-order chi connectivity index (χ1) is 15.5. The highest BCUT2D eigenvalue weighted by molar-refractivity contribution is 5.81. The van der Waals surface area contributed by atoms with Gasteiger partial charge in [-0.1, -0.05) is 12.1 Å². The second kappa shape index (κ2) is 6.61. The van der Waals surface area contributed by atoms with Crippen molar-refractivity contribution >= 4 is 22.7 Å². The first-order valence-electron chi connectivity index (χ1n) is 11.0. The fourth-order valence-corrected chi connectivity index (χ4v) is 5.28. The Hall–Kier alpha value is -3.28. The third kappa shape index (κ3) is 2.71. The van der Waals surface area contributed by atoms with E-state index in [1.807, 2.05) is 11.0 Å². The predicted octanol–water partition coefficient (Wildman–Crippen LogP) is 4.25. The van der Waals surface area contributed by atoms with Gasteiger partial charge in [0.2, 0.25) is 12.4 Å². The summed E-state index contributed by atoms with van der Waals surface area (Å²) in [7, 11) is 1.73. The van der Waals surface area contributed by atoms with Crippen LogP contribution in [0.3, 0.4) is 0 Å². The van der Waals surface area contributed by atoms with Crippen LogP contribution in [0.25, 0.3) is 21.6 Å². The molecule has 3 fully saturated rings. The van der Waals surface area contributed by atoms with E-state index in [2.05, 4.69) is 37.4 Å². The van der Waals surface area contributed by atoms with Crippen molar-refractivity contribution < 1.29 is 8.78 Å². The van der Waals surface area contributed by atoms with E-state index in [0.29, 0.717) is 30.5 Å². The van der Waals surface area contributed by atoms with Crippen LogP contribution in [0, 0.1) is 17.9 Å². The molecule has 3 heterocycles. The van der Waals surface area contributed by atoms with Gasteiger partial charge in [-0.2, -0.15) is 15.1 Å². The van der Waals surface area contributed by atoms with E-state index in [4.69, 9.17) is 6.57 Å². The molecule has 9 heteroatoms. The molecular weight excluding hydrogens is 412 g/mol. The van der Waals surface area contributed by atoms with Gasteiger partial charge in [-0.05, 0) is 25.3 Å². The van der Waals surface area contributed by atoms with Gasteiger partial charge in [-0.3, -0.25) is 0 Å². The summed E-state index contributed by atoms with van der Waals surface area (Å²) in [6, 6.07) is 7.94. The second-order valence-electron chi connectivity index (χ2n) is 9.25. The highest BCUT2D eigenvalue weighted by Gasteiger charge is 2.82. The molecular formula is C23H23F2N7. The standard InChI is InChI=1S/C23H23F2N7/c1-26-21-29-18(31-8-5-15(12-31)20(24)25)10-19(30-21)32-17-9-16(4-3-14(17)11-28-32)23(27-2)13-22(23)6-7-22/h3-4,9-11,15,20H,5-8,12-13H2,1H3,(H,26,29,30)/t15-,23-/m0/s1. The van der Waals surface area contributed by atoms with Crippen LogP contribution < -0.4 is 10.2 Å². The van der Waals surface area contributed by atoms with Crippen molar-refractivity contribution in [2.24, 2.45) is 11.3 Å². The van der Waals surface area contributed by atoms with Gasteiger partial charge >= 0.3 is 0 Å². The van der Waals surface area contributed by atoms with E-state index < -0.39 is 17.9 Å². The Morgan fingerprint density at radius 1 is 1.22 bits per heavy atom. The molecule has 6 rings (SSSR count). The first-order valence-corrected chi connectivity index (χ1v) is 11.0. The van der Waals surface area contributed by atoms with Crippen LogP contribution >= 0.6 is 0 Å². The van der Waals surface area contributed by atoms with Gasteiger partial charge < -0.3 is 15.1 Å². The van der Waals surface area contributed by atoms with Crippen LogP contribution in [-0.4, -0.2) is 46.3 Å².